The molecule has 2 aliphatic rings. The Labute approximate surface area is 124 Å². The summed E-state index contributed by atoms with van der Waals surface area (Å²) < 4.78 is 65.3. The Balaban J connectivity index is 2.02. The average Bonchev–Trinajstić information content (AvgIpc) is 2.91. The first kappa shape index (κ1) is 17.1. The van der Waals surface area contributed by atoms with Gasteiger partial charge in [0.2, 0.25) is 0 Å². The van der Waals surface area contributed by atoms with Gasteiger partial charge in [0.1, 0.15) is 0 Å². The van der Waals surface area contributed by atoms with Gasteiger partial charge in [0.05, 0.1) is 38.9 Å². The van der Waals surface area contributed by atoms with Crippen molar-refractivity contribution in [3.63, 3.8) is 0 Å². The zero-order chi connectivity index (χ0) is 15.7. The molecule has 0 aromatic carbocycles. The van der Waals surface area contributed by atoms with Crippen LogP contribution < -0.4 is 0 Å². The molecule has 0 amide bonds. The smallest absolute Gasteiger partial charge is 0.264 e. The van der Waals surface area contributed by atoms with Gasteiger partial charge in [0.25, 0.3) is 20.2 Å². The Hall–Kier alpha value is -0.260. The van der Waals surface area contributed by atoms with Crippen LogP contribution in [0.3, 0.4) is 0 Å². The highest BCUT2D eigenvalue weighted by Crippen LogP contribution is 2.45. The quantitative estimate of drug-likeness (QED) is 0.605. The van der Waals surface area contributed by atoms with Crippen LogP contribution in [0, 0.1) is 11.8 Å². The fourth-order valence-electron chi connectivity index (χ4n) is 2.76. The highest BCUT2D eigenvalue weighted by Gasteiger charge is 2.49. The standard InChI is InChI=1S/C11H20O8S2/c1-20(12,13)18-7-9-5-11(16-3-4-17-11)6-10(9)8-19-21(2,14)15/h9-10H,3-8H2,1-2H3. The maximum atomic E-state index is 11.1. The van der Waals surface area contributed by atoms with Gasteiger partial charge in [0, 0.05) is 12.8 Å². The number of hydrogen-bond acceptors (Lipinski definition) is 8. The van der Waals surface area contributed by atoms with Crippen molar-refractivity contribution in [1.29, 1.82) is 0 Å². The molecule has 1 aliphatic heterocycles. The van der Waals surface area contributed by atoms with Crippen LogP contribution in [0.4, 0.5) is 0 Å². The lowest BCUT2D eigenvalue weighted by molar-refractivity contribution is -0.155. The minimum absolute atomic E-state index is 0.0366. The molecule has 2 fully saturated rings. The van der Waals surface area contributed by atoms with Gasteiger partial charge in [-0.1, -0.05) is 0 Å². The third-order valence-corrected chi connectivity index (χ3v) is 4.75. The molecule has 0 aromatic rings. The summed E-state index contributed by atoms with van der Waals surface area (Å²) in [5, 5.41) is 0. The molecule has 8 nitrogen and oxygen atoms in total. The minimum Gasteiger partial charge on any atom is -0.348 e. The zero-order valence-corrected chi connectivity index (χ0v) is 13.6. The normalized spacial score (nSPS) is 29.2. The second-order valence-corrected chi connectivity index (χ2v) is 8.80. The van der Waals surface area contributed by atoms with Gasteiger partial charge in [-0.15, -0.1) is 0 Å². The summed E-state index contributed by atoms with van der Waals surface area (Å²) in [4.78, 5) is 0. The van der Waals surface area contributed by atoms with Gasteiger partial charge in [-0.05, 0) is 11.8 Å². The van der Waals surface area contributed by atoms with E-state index in [-0.39, 0.29) is 25.0 Å². The highest BCUT2D eigenvalue weighted by atomic mass is 32.2. The fourth-order valence-corrected chi connectivity index (χ4v) is 3.60. The molecule has 2 unspecified atom stereocenters. The maximum Gasteiger partial charge on any atom is 0.264 e. The molecule has 1 spiro atoms. The first-order valence-corrected chi connectivity index (χ1v) is 10.2. The lowest BCUT2D eigenvalue weighted by atomic mass is 9.98. The largest absolute Gasteiger partial charge is 0.348 e. The summed E-state index contributed by atoms with van der Waals surface area (Å²) in [7, 11) is -7.11. The summed E-state index contributed by atoms with van der Waals surface area (Å²) >= 11 is 0. The van der Waals surface area contributed by atoms with Crippen LogP contribution in [0.1, 0.15) is 12.8 Å². The van der Waals surface area contributed by atoms with Gasteiger partial charge in [-0.3, -0.25) is 8.37 Å². The molecule has 2 atom stereocenters. The topological polar surface area (TPSA) is 105 Å². The van der Waals surface area contributed by atoms with Crippen molar-refractivity contribution in [2.45, 2.75) is 18.6 Å². The third-order valence-electron chi connectivity index (χ3n) is 3.62. The SMILES string of the molecule is CS(=O)(=O)OCC1CC2(CC1COS(C)(=O)=O)OCCO2. The molecule has 0 radical (unpaired) electrons. The molecule has 21 heavy (non-hydrogen) atoms. The van der Waals surface area contributed by atoms with E-state index in [4.69, 9.17) is 17.8 Å². The Morgan fingerprint density at radius 3 is 1.62 bits per heavy atom. The molecular weight excluding hydrogens is 324 g/mol. The molecule has 1 heterocycles. The first-order valence-electron chi connectivity index (χ1n) is 6.55. The monoisotopic (exact) mass is 344 g/mol. The summed E-state index contributed by atoms with van der Waals surface area (Å²) in [6.45, 7) is 0.870. The Bertz CT molecular complexity index is 515. The lowest BCUT2D eigenvalue weighted by Gasteiger charge is -2.21. The Kier molecular flexibility index (Phi) is 4.96. The zero-order valence-electron chi connectivity index (χ0n) is 12.0. The third kappa shape index (κ3) is 5.15. The van der Waals surface area contributed by atoms with E-state index in [0.717, 1.165) is 12.5 Å². The second-order valence-electron chi connectivity index (χ2n) is 5.51. The van der Waals surface area contributed by atoms with Crippen molar-refractivity contribution < 1.29 is 34.7 Å². The minimum atomic E-state index is -3.55. The van der Waals surface area contributed by atoms with Gasteiger partial charge in [-0.2, -0.15) is 16.8 Å². The molecular formula is C11H20O8S2. The van der Waals surface area contributed by atoms with Crippen LogP contribution in [-0.4, -0.2) is 61.6 Å². The number of hydrogen-bond donors (Lipinski definition) is 0. The van der Waals surface area contributed by atoms with Gasteiger partial charge < -0.3 is 9.47 Å². The maximum absolute atomic E-state index is 11.1. The molecule has 2 rings (SSSR count). The second kappa shape index (κ2) is 6.09. The van der Waals surface area contributed by atoms with E-state index in [9.17, 15) is 16.8 Å². The molecule has 0 bridgehead atoms. The van der Waals surface area contributed by atoms with Crippen molar-refractivity contribution in [2.24, 2.45) is 11.8 Å². The van der Waals surface area contributed by atoms with Gasteiger partial charge >= 0.3 is 0 Å². The lowest BCUT2D eigenvalue weighted by Crippen LogP contribution is -2.27. The van der Waals surface area contributed by atoms with Crippen molar-refractivity contribution >= 4 is 20.2 Å². The molecule has 1 aliphatic carbocycles. The van der Waals surface area contributed by atoms with E-state index < -0.39 is 26.0 Å². The fraction of sp³-hybridized carbons (Fsp3) is 1.00. The predicted molar refractivity (Wildman–Crippen MR) is 72.4 cm³/mol. The highest BCUT2D eigenvalue weighted by molar-refractivity contribution is 7.86. The van der Waals surface area contributed by atoms with Crippen molar-refractivity contribution in [3.05, 3.63) is 0 Å². The average molecular weight is 344 g/mol. The van der Waals surface area contributed by atoms with Crippen LogP contribution >= 0.6 is 0 Å². The summed E-state index contributed by atoms with van der Waals surface area (Å²) in [6, 6.07) is 0. The molecule has 0 aromatic heterocycles. The van der Waals surface area contributed by atoms with Crippen molar-refractivity contribution in [2.75, 3.05) is 38.9 Å². The van der Waals surface area contributed by atoms with Crippen molar-refractivity contribution in [3.8, 4) is 0 Å². The van der Waals surface area contributed by atoms with E-state index in [1.807, 2.05) is 0 Å². The van der Waals surface area contributed by atoms with Crippen molar-refractivity contribution in [1.82, 2.24) is 0 Å². The van der Waals surface area contributed by atoms with Crippen LogP contribution in [0.25, 0.3) is 0 Å². The summed E-state index contributed by atoms with van der Waals surface area (Å²) in [5.74, 6) is -1.18. The van der Waals surface area contributed by atoms with Gasteiger partial charge in [0.15, 0.2) is 5.79 Å². The Morgan fingerprint density at radius 1 is 0.905 bits per heavy atom. The number of ether oxygens (including phenoxy) is 2. The number of rotatable bonds is 6. The van der Waals surface area contributed by atoms with Crippen LogP contribution in [0.2, 0.25) is 0 Å². The van der Waals surface area contributed by atoms with Crippen LogP contribution in [-0.2, 0) is 38.1 Å². The molecule has 124 valence electrons. The molecule has 0 N–H and O–H groups in total. The van der Waals surface area contributed by atoms with Gasteiger partial charge in [-0.25, -0.2) is 0 Å². The van der Waals surface area contributed by atoms with Crippen LogP contribution in [0.5, 0.6) is 0 Å². The van der Waals surface area contributed by atoms with E-state index in [0.29, 0.717) is 26.1 Å². The predicted octanol–water partition coefficient (Wildman–Crippen LogP) is -0.292. The molecule has 10 heteroatoms. The van der Waals surface area contributed by atoms with E-state index in [2.05, 4.69) is 0 Å². The first-order chi connectivity index (χ1) is 9.59. The van der Waals surface area contributed by atoms with E-state index >= 15 is 0 Å². The summed E-state index contributed by atoms with van der Waals surface area (Å²) in [6.07, 6.45) is 2.87. The summed E-state index contributed by atoms with van der Waals surface area (Å²) in [5.41, 5.74) is 0. The van der Waals surface area contributed by atoms with Crippen LogP contribution in [0.15, 0.2) is 0 Å². The van der Waals surface area contributed by atoms with E-state index in [1.165, 1.54) is 0 Å². The molecule has 1 saturated heterocycles. The Morgan fingerprint density at radius 2 is 1.29 bits per heavy atom. The van der Waals surface area contributed by atoms with E-state index in [1.54, 1.807) is 0 Å². The molecule has 1 saturated carbocycles.